The summed E-state index contributed by atoms with van der Waals surface area (Å²) < 4.78 is 48.9. The predicted octanol–water partition coefficient (Wildman–Crippen LogP) is 5.38. The molecule has 0 aliphatic carbocycles. The number of amides is 1. The lowest BCUT2D eigenvalue weighted by Crippen LogP contribution is -2.55. The highest BCUT2D eigenvalue weighted by atomic mass is 35.5. The van der Waals surface area contributed by atoms with Gasteiger partial charge >= 0.3 is 0 Å². The van der Waals surface area contributed by atoms with Crippen molar-refractivity contribution in [3.8, 4) is 5.75 Å². The zero-order chi connectivity index (χ0) is 31.6. The topological polar surface area (TPSA) is 90.4 Å². The summed E-state index contributed by atoms with van der Waals surface area (Å²) in [5, 5.41) is 9.52. The number of nitrogens with zero attached hydrogens (tertiary/aromatic N) is 3. The Balaban J connectivity index is 1.18. The average Bonchev–Trinajstić information content (AvgIpc) is 3.31. The number of anilines is 1. The van der Waals surface area contributed by atoms with Gasteiger partial charge in [0.15, 0.2) is 0 Å². The lowest BCUT2D eigenvalue weighted by Gasteiger charge is -2.43. The Kier molecular flexibility index (Phi) is 9.65. The molecule has 3 aromatic carbocycles. The van der Waals surface area contributed by atoms with E-state index in [1.54, 1.807) is 27.4 Å². The number of rotatable bonds is 10. The summed E-state index contributed by atoms with van der Waals surface area (Å²) in [5.74, 6) is 0.234. The normalized spacial score (nSPS) is 20.9. The third kappa shape index (κ3) is 6.84. The summed E-state index contributed by atoms with van der Waals surface area (Å²) in [5.41, 5.74) is 2.22. The van der Waals surface area contributed by atoms with Gasteiger partial charge in [0.2, 0.25) is 10.0 Å². The van der Waals surface area contributed by atoms with Crippen LogP contribution in [-0.4, -0.2) is 80.1 Å². The number of aliphatic hydroxyl groups excluding tert-OH is 1. The Bertz CT molecular complexity index is 1600. The monoisotopic (exact) mass is 655 g/mol. The third-order valence-corrected chi connectivity index (χ3v) is 11.6. The summed E-state index contributed by atoms with van der Waals surface area (Å²) in [6, 6.07) is 19.0. The van der Waals surface area contributed by atoms with E-state index in [1.165, 1.54) is 17.7 Å². The second-order valence-electron chi connectivity index (χ2n) is 12.2. The second kappa shape index (κ2) is 13.7. The van der Waals surface area contributed by atoms with E-state index in [-0.39, 0.29) is 46.7 Å². The van der Waals surface area contributed by atoms with Crippen molar-refractivity contribution in [3.63, 3.8) is 0 Å². The van der Waals surface area contributed by atoms with Gasteiger partial charge in [-0.25, -0.2) is 12.8 Å². The molecule has 8 nitrogen and oxygen atoms in total. The molecule has 11 heteroatoms. The number of piperazine rings is 1. The molecule has 6 rings (SSSR count). The van der Waals surface area contributed by atoms with E-state index in [9.17, 15) is 22.7 Å². The van der Waals surface area contributed by atoms with Gasteiger partial charge in [0, 0.05) is 38.3 Å². The molecule has 45 heavy (non-hydrogen) atoms. The van der Waals surface area contributed by atoms with E-state index in [2.05, 4.69) is 17.0 Å². The van der Waals surface area contributed by atoms with Crippen molar-refractivity contribution in [3.05, 3.63) is 88.7 Å². The van der Waals surface area contributed by atoms with Crippen LogP contribution >= 0.6 is 11.6 Å². The number of likely N-dealkylation sites (tertiary alicyclic amines) is 1. The number of hydrogen-bond donors (Lipinski definition) is 1. The lowest BCUT2D eigenvalue weighted by molar-refractivity contribution is 0.0717. The summed E-state index contributed by atoms with van der Waals surface area (Å²) in [7, 11) is -3.74. The molecule has 3 aromatic rings. The minimum absolute atomic E-state index is 0.0679. The highest BCUT2D eigenvalue weighted by molar-refractivity contribution is 7.89. The van der Waals surface area contributed by atoms with Crippen LogP contribution in [0.4, 0.5) is 10.1 Å². The van der Waals surface area contributed by atoms with Gasteiger partial charge in [0.1, 0.15) is 18.2 Å². The Morgan fingerprint density at radius 2 is 1.67 bits per heavy atom. The number of aliphatic hydroxyl groups is 1. The molecule has 0 radical (unpaired) electrons. The van der Waals surface area contributed by atoms with Gasteiger partial charge in [-0.2, -0.15) is 4.31 Å². The second-order valence-corrected chi connectivity index (χ2v) is 14.5. The van der Waals surface area contributed by atoms with Gasteiger partial charge in [-0.15, -0.1) is 0 Å². The average molecular weight is 656 g/mol. The van der Waals surface area contributed by atoms with Crippen LogP contribution in [0.5, 0.6) is 5.75 Å². The molecule has 1 amide bonds. The molecule has 1 N–H and O–H groups in total. The zero-order valence-corrected chi connectivity index (χ0v) is 26.7. The minimum Gasteiger partial charge on any atom is -0.489 e. The van der Waals surface area contributed by atoms with Crippen molar-refractivity contribution in [2.24, 2.45) is 5.92 Å². The maximum absolute atomic E-state index is 13.9. The number of halogens is 2. The Morgan fingerprint density at radius 1 is 0.956 bits per heavy atom. The van der Waals surface area contributed by atoms with E-state index in [0.29, 0.717) is 43.5 Å². The standard InChI is InChI=1S/C34H39ClFN3O5S/c35-31-20-26(36)8-12-30(31)34(41)37-22-27-9-10-28(23-37)39(27)32-21-29(11-13-33(32)44-19-18-40)45(42,43)38-16-14-25(15-17-38)7-6-24-4-2-1-3-5-24/h1-5,8,11-13,20-21,25,27-28,40H,6-7,9-10,14-19,22-23H2. The smallest absolute Gasteiger partial charge is 0.255 e. The van der Waals surface area contributed by atoms with Crippen LogP contribution < -0.4 is 9.64 Å². The SMILES string of the molecule is O=C(c1ccc(F)cc1Cl)N1CC2CCC(C1)N2c1cc(S(=O)(=O)N2CCC(CCc3ccccc3)CC2)ccc1OCCO. The molecule has 0 aromatic heterocycles. The van der Waals surface area contributed by atoms with Crippen molar-refractivity contribution in [2.75, 3.05) is 44.3 Å². The molecule has 240 valence electrons. The van der Waals surface area contributed by atoms with Crippen molar-refractivity contribution < 1.29 is 27.4 Å². The molecule has 0 saturated carbocycles. The van der Waals surface area contributed by atoms with E-state index < -0.39 is 15.8 Å². The van der Waals surface area contributed by atoms with Gasteiger partial charge in [0.25, 0.3) is 5.91 Å². The van der Waals surface area contributed by atoms with Crippen molar-refractivity contribution >= 4 is 33.2 Å². The quantitative estimate of drug-likeness (QED) is 0.316. The predicted molar refractivity (Wildman–Crippen MR) is 172 cm³/mol. The minimum atomic E-state index is -3.74. The Labute approximate surface area is 269 Å². The molecule has 3 heterocycles. The molecule has 3 fully saturated rings. The van der Waals surface area contributed by atoms with Crippen LogP contribution in [0.15, 0.2) is 71.6 Å². The Hall–Kier alpha value is -3.18. The van der Waals surface area contributed by atoms with Crippen LogP contribution in [0.1, 0.15) is 48.0 Å². The number of benzene rings is 3. The number of sulfonamides is 1. The van der Waals surface area contributed by atoms with Gasteiger partial charge < -0.3 is 19.6 Å². The highest BCUT2D eigenvalue weighted by Crippen LogP contribution is 2.42. The number of carbonyl (C=O) groups is 1. The number of carbonyl (C=O) groups excluding carboxylic acids is 1. The fourth-order valence-electron chi connectivity index (χ4n) is 7.04. The molecule has 3 aliphatic rings. The lowest BCUT2D eigenvalue weighted by atomic mass is 9.91. The number of hydrogen-bond acceptors (Lipinski definition) is 6. The molecule has 2 atom stereocenters. The summed E-state index contributed by atoms with van der Waals surface area (Å²) in [4.78, 5) is 17.5. The highest BCUT2D eigenvalue weighted by Gasteiger charge is 2.43. The van der Waals surface area contributed by atoms with Crippen molar-refractivity contribution in [1.82, 2.24) is 9.21 Å². The molecule has 2 unspecified atom stereocenters. The number of piperidine rings is 1. The maximum atomic E-state index is 13.9. The first-order valence-electron chi connectivity index (χ1n) is 15.7. The number of ether oxygens (including phenoxy) is 1. The van der Waals surface area contributed by atoms with Gasteiger partial charge in [-0.1, -0.05) is 41.9 Å². The summed E-state index contributed by atoms with van der Waals surface area (Å²) in [6.07, 6.45) is 5.33. The van der Waals surface area contributed by atoms with E-state index in [0.717, 1.165) is 44.6 Å². The molecular weight excluding hydrogens is 617 g/mol. The van der Waals surface area contributed by atoms with Crippen LogP contribution in [-0.2, 0) is 16.4 Å². The molecule has 3 saturated heterocycles. The molecule has 2 bridgehead atoms. The fourth-order valence-corrected chi connectivity index (χ4v) is 8.77. The van der Waals surface area contributed by atoms with Crippen molar-refractivity contribution in [2.45, 2.75) is 55.5 Å². The first-order chi connectivity index (χ1) is 21.7. The fraction of sp³-hybridized carbons (Fsp3) is 0.441. The largest absolute Gasteiger partial charge is 0.489 e. The third-order valence-electron chi connectivity index (χ3n) is 9.38. The van der Waals surface area contributed by atoms with Gasteiger partial charge in [0.05, 0.1) is 27.8 Å². The van der Waals surface area contributed by atoms with Gasteiger partial charge in [-0.3, -0.25) is 4.79 Å². The summed E-state index contributed by atoms with van der Waals surface area (Å²) in [6.45, 7) is 1.69. The van der Waals surface area contributed by atoms with E-state index in [4.69, 9.17) is 16.3 Å². The molecule has 0 spiro atoms. The molecule has 3 aliphatic heterocycles. The first kappa shape index (κ1) is 31.8. The number of fused-ring (bicyclic) bond motifs is 2. The zero-order valence-electron chi connectivity index (χ0n) is 25.2. The van der Waals surface area contributed by atoms with E-state index >= 15 is 0 Å². The van der Waals surface area contributed by atoms with Crippen LogP contribution in [0.3, 0.4) is 0 Å². The van der Waals surface area contributed by atoms with Crippen LogP contribution in [0.2, 0.25) is 5.02 Å². The maximum Gasteiger partial charge on any atom is 0.255 e. The van der Waals surface area contributed by atoms with Crippen LogP contribution in [0, 0.1) is 11.7 Å². The summed E-state index contributed by atoms with van der Waals surface area (Å²) >= 11 is 6.20. The Morgan fingerprint density at radius 3 is 2.33 bits per heavy atom. The van der Waals surface area contributed by atoms with Crippen LogP contribution in [0.25, 0.3) is 0 Å². The van der Waals surface area contributed by atoms with Gasteiger partial charge in [-0.05, 0) is 86.4 Å². The molecular formula is C34H39ClFN3O5S. The van der Waals surface area contributed by atoms with E-state index in [1.807, 2.05) is 18.2 Å². The van der Waals surface area contributed by atoms with Crippen molar-refractivity contribution in [1.29, 1.82) is 0 Å². The first-order valence-corrected chi connectivity index (χ1v) is 17.5. The number of aryl methyl sites for hydroxylation is 1.